The second kappa shape index (κ2) is 10.2. The topological polar surface area (TPSA) is 98.6 Å². The van der Waals surface area contributed by atoms with E-state index in [-0.39, 0.29) is 5.91 Å². The van der Waals surface area contributed by atoms with Crippen molar-refractivity contribution in [2.45, 2.75) is 32.0 Å². The molecule has 2 aliphatic heterocycles. The molecule has 9 nitrogen and oxygen atoms in total. The first-order valence-electron chi connectivity index (χ1n) is 11.0. The van der Waals surface area contributed by atoms with Gasteiger partial charge in [-0.2, -0.15) is 5.10 Å². The number of aryl methyl sites for hydroxylation is 1. The van der Waals surface area contributed by atoms with Gasteiger partial charge in [-0.25, -0.2) is 15.2 Å². The number of hydrazone groups is 1. The number of ether oxygens (including phenoxy) is 1. The molecule has 2 unspecified atom stereocenters. The van der Waals surface area contributed by atoms with Gasteiger partial charge in [-0.15, -0.1) is 0 Å². The Bertz CT molecular complexity index is 1040. The lowest BCUT2D eigenvalue weighted by molar-refractivity contribution is -0.127. The molecule has 9 heteroatoms. The maximum absolute atomic E-state index is 12.6. The molecular weight excluding hydrogens is 420 g/mol. The number of nitrogens with one attached hydrogen (secondary N) is 2. The summed E-state index contributed by atoms with van der Waals surface area (Å²) < 4.78 is 5.46. The van der Waals surface area contributed by atoms with Crippen LogP contribution in [0.15, 0.2) is 64.7 Å². The first-order valence-corrected chi connectivity index (χ1v) is 11.0. The van der Waals surface area contributed by atoms with Crippen molar-refractivity contribution in [3.05, 3.63) is 65.7 Å². The van der Waals surface area contributed by atoms with E-state index in [1.54, 1.807) is 13.3 Å². The standard InChI is InChI=1S/C24H28N6O3/c1-3-33-19-13-11-18(12-14-19)16-25-28-23-26-21-20(22(31)27-24(32)29(21)2)30(23)15-7-10-17-8-5-4-6-9-17/h4-6,8-9,11-14,16,20-21H,3,7,10,15H2,1-2H3,(H,26,28)(H,27,31,32)/b25-16+. The molecule has 3 amide bonds. The van der Waals surface area contributed by atoms with Gasteiger partial charge in [0.05, 0.1) is 12.8 Å². The van der Waals surface area contributed by atoms with E-state index in [1.807, 2.05) is 54.3 Å². The van der Waals surface area contributed by atoms with Crippen molar-refractivity contribution < 1.29 is 14.3 Å². The number of nitrogens with zero attached hydrogens (tertiary/aromatic N) is 4. The number of carbonyl (C=O) groups is 2. The van der Waals surface area contributed by atoms with Gasteiger partial charge in [-0.3, -0.25) is 10.1 Å². The highest BCUT2D eigenvalue weighted by atomic mass is 16.5. The van der Waals surface area contributed by atoms with Crippen LogP contribution in [-0.4, -0.2) is 66.3 Å². The lowest BCUT2D eigenvalue weighted by atomic mass is 10.1. The van der Waals surface area contributed by atoms with Crippen LogP contribution in [0.2, 0.25) is 0 Å². The SMILES string of the molecule is CCOc1ccc(/C=N/NC2=NC3C(C(=O)NC(=O)N3C)N2CCCc2ccccc2)cc1. The van der Waals surface area contributed by atoms with E-state index in [0.717, 1.165) is 24.2 Å². The number of urea groups is 1. The van der Waals surface area contributed by atoms with Crippen LogP contribution in [0.4, 0.5) is 4.79 Å². The third-order valence-corrected chi connectivity index (χ3v) is 5.64. The van der Waals surface area contributed by atoms with Crippen LogP contribution in [0.5, 0.6) is 5.75 Å². The van der Waals surface area contributed by atoms with Gasteiger partial charge in [0.1, 0.15) is 5.75 Å². The predicted octanol–water partition coefficient (Wildman–Crippen LogP) is 2.19. The Labute approximate surface area is 193 Å². The third kappa shape index (κ3) is 5.14. The normalized spacial score (nSPS) is 20.0. The number of benzene rings is 2. The summed E-state index contributed by atoms with van der Waals surface area (Å²) >= 11 is 0. The van der Waals surface area contributed by atoms with Gasteiger partial charge in [0.15, 0.2) is 12.2 Å². The molecule has 4 rings (SSSR count). The smallest absolute Gasteiger partial charge is 0.325 e. The number of imide groups is 1. The van der Waals surface area contributed by atoms with Crippen molar-refractivity contribution >= 4 is 24.1 Å². The van der Waals surface area contributed by atoms with Gasteiger partial charge < -0.3 is 14.5 Å². The first kappa shape index (κ1) is 22.3. The number of aliphatic imine (C=N–C) groups is 1. The highest BCUT2D eigenvalue weighted by Gasteiger charge is 2.48. The van der Waals surface area contributed by atoms with Gasteiger partial charge in [0.2, 0.25) is 5.96 Å². The fourth-order valence-electron chi connectivity index (χ4n) is 3.94. The zero-order chi connectivity index (χ0) is 23.2. The summed E-state index contributed by atoms with van der Waals surface area (Å²) in [5.74, 6) is 0.922. The minimum Gasteiger partial charge on any atom is -0.494 e. The Morgan fingerprint density at radius 1 is 1.15 bits per heavy atom. The Morgan fingerprint density at radius 3 is 2.64 bits per heavy atom. The summed E-state index contributed by atoms with van der Waals surface area (Å²) in [7, 11) is 1.64. The van der Waals surface area contributed by atoms with Crippen LogP contribution in [-0.2, 0) is 11.2 Å². The molecule has 2 aromatic carbocycles. The third-order valence-electron chi connectivity index (χ3n) is 5.64. The molecule has 0 saturated carbocycles. The number of amides is 3. The number of guanidine groups is 1. The predicted molar refractivity (Wildman–Crippen MR) is 126 cm³/mol. The maximum atomic E-state index is 12.6. The van der Waals surface area contributed by atoms with Gasteiger partial charge in [-0.1, -0.05) is 30.3 Å². The summed E-state index contributed by atoms with van der Waals surface area (Å²) in [4.78, 5) is 32.7. The molecule has 1 saturated heterocycles. The lowest BCUT2D eigenvalue weighted by Crippen LogP contribution is -2.64. The van der Waals surface area contributed by atoms with Crippen molar-refractivity contribution in [1.29, 1.82) is 0 Å². The van der Waals surface area contributed by atoms with Crippen LogP contribution in [0.1, 0.15) is 24.5 Å². The summed E-state index contributed by atoms with van der Waals surface area (Å²) in [6.07, 6.45) is 2.78. The van der Waals surface area contributed by atoms with Crippen molar-refractivity contribution in [3.8, 4) is 5.75 Å². The maximum Gasteiger partial charge on any atom is 0.325 e. The van der Waals surface area contributed by atoms with E-state index in [1.165, 1.54) is 10.5 Å². The Morgan fingerprint density at radius 2 is 1.91 bits per heavy atom. The van der Waals surface area contributed by atoms with Crippen LogP contribution >= 0.6 is 0 Å². The van der Waals surface area contributed by atoms with Crippen LogP contribution in [0, 0.1) is 0 Å². The number of likely N-dealkylation sites (N-methyl/N-ethyl adjacent to an activating group) is 1. The number of hydrogen-bond acceptors (Lipinski definition) is 7. The second-order valence-corrected chi connectivity index (χ2v) is 7.87. The average Bonchev–Trinajstić information content (AvgIpc) is 3.19. The molecule has 0 aromatic heterocycles. The number of carbonyl (C=O) groups excluding carboxylic acids is 2. The van der Waals surface area contributed by atoms with Crippen molar-refractivity contribution in [2.75, 3.05) is 20.2 Å². The van der Waals surface area contributed by atoms with Crippen molar-refractivity contribution in [2.24, 2.45) is 10.1 Å². The van der Waals surface area contributed by atoms with Crippen molar-refractivity contribution in [3.63, 3.8) is 0 Å². The summed E-state index contributed by atoms with van der Waals surface area (Å²) in [5, 5.41) is 6.73. The molecule has 0 bridgehead atoms. The Hall–Kier alpha value is -3.88. The van der Waals surface area contributed by atoms with Gasteiger partial charge in [-0.05, 0) is 55.2 Å². The molecular formula is C24H28N6O3. The first-order chi connectivity index (χ1) is 16.1. The van der Waals surface area contributed by atoms with E-state index < -0.39 is 18.2 Å². The molecule has 2 N–H and O–H groups in total. The summed E-state index contributed by atoms with van der Waals surface area (Å²) in [6, 6.07) is 16.7. The van der Waals surface area contributed by atoms with E-state index in [9.17, 15) is 9.59 Å². The van der Waals surface area contributed by atoms with Gasteiger partial charge >= 0.3 is 6.03 Å². The molecule has 33 heavy (non-hydrogen) atoms. The number of fused-ring (bicyclic) bond motifs is 1. The molecule has 1 fully saturated rings. The Kier molecular flexibility index (Phi) is 6.87. The molecule has 2 aliphatic rings. The van der Waals surface area contributed by atoms with E-state index in [0.29, 0.717) is 19.1 Å². The largest absolute Gasteiger partial charge is 0.494 e. The van der Waals surface area contributed by atoms with Crippen molar-refractivity contribution in [1.82, 2.24) is 20.5 Å². The van der Waals surface area contributed by atoms with Gasteiger partial charge in [0, 0.05) is 13.6 Å². The minimum atomic E-state index is -0.592. The second-order valence-electron chi connectivity index (χ2n) is 7.87. The van der Waals surface area contributed by atoms with E-state index in [2.05, 4.69) is 33.0 Å². The van der Waals surface area contributed by atoms with E-state index in [4.69, 9.17) is 4.74 Å². The molecule has 2 aromatic rings. The average molecular weight is 449 g/mol. The quantitative estimate of drug-likeness (QED) is 0.477. The zero-order valence-electron chi connectivity index (χ0n) is 18.8. The lowest BCUT2D eigenvalue weighted by Gasteiger charge is -2.36. The molecule has 172 valence electrons. The van der Waals surface area contributed by atoms with Crippen LogP contribution in [0.3, 0.4) is 0 Å². The molecule has 0 radical (unpaired) electrons. The number of rotatable bonds is 8. The number of hydrogen-bond donors (Lipinski definition) is 2. The molecule has 0 aliphatic carbocycles. The fraction of sp³-hybridized carbons (Fsp3) is 0.333. The fourth-order valence-corrected chi connectivity index (χ4v) is 3.94. The monoisotopic (exact) mass is 448 g/mol. The minimum absolute atomic E-state index is 0.348. The highest BCUT2D eigenvalue weighted by Crippen LogP contribution is 2.24. The van der Waals surface area contributed by atoms with E-state index >= 15 is 0 Å². The molecule has 2 atom stereocenters. The Balaban J connectivity index is 1.46. The highest BCUT2D eigenvalue weighted by molar-refractivity contribution is 6.03. The zero-order valence-corrected chi connectivity index (χ0v) is 18.8. The van der Waals surface area contributed by atoms with Crippen LogP contribution in [0.25, 0.3) is 0 Å². The van der Waals surface area contributed by atoms with Gasteiger partial charge in [0.25, 0.3) is 5.91 Å². The molecule has 0 spiro atoms. The molecule has 2 heterocycles. The van der Waals surface area contributed by atoms with Crippen LogP contribution < -0.4 is 15.5 Å². The summed E-state index contributed by atoms with van der Waals surface area (Å²) in [5.41, 5.74) is 5.10. The summed E-state index contributed by atoms with van der Waals surface area (Å²) in [6.45, 7) is 3.15.